The minimum atomic E-state index is -1.31. The molecule has 0 aliphatic carbocycles. The molecule has 1 heterocycles. The van der Waals surface area contributed by atoms with Crippen LogP contribution in [-0.4, -0.2) is 57.5 Å². The molecule has 1 saturated heterocycles. The molecule has 0 saturated carbocycles. The number of aliphatic hydroxyl groups is 3. The number of likely N-dealkylation sites (tertiary alicyclic amines) is 1. The molecule has 2 atom stereocenters. The highest BCUT2D eigenvalue weighted by Crippen LogP contribution is 2.42. The molecular weight excluding hydrogens is 538 g/mol. The van der Waals surface area contributed by atoms with E-state index in [2.05, 4.69) is 11.8 Å². The SMILES string of the molecule is CCCCCCC(CO)(C(=O)O)c1ccc(C(O)CCCN2CCC(C(O)(c3ccccc3)c3ccccc3)CC2)cc1. The predicted molar refractivity (Wildman–Crippen MR) is 171 cm³/mol. The van der Waals surface area contributed by atoms with Crippen LogP contribution in [0.1, 0.15) is 93.1 Å². The molecule has 6 heteroatoms. The van der Waals surface area contributed by atoms with Crippen LogP contribution in [-0.2, 0) is 15.8 Å². The van der Waals surface area contributed by atoms with Gasteiger partial charge in [0, 0.05) is 0 Å². The number of benzene rings is 3. The fraction of sp³-hybridized carbons (Fsp3) is 0.486. The van der Waals surface area contributed by atoms with Gasteiger partial charge in [-0.05, 0) is 79.9 Å². The van der Waals surface area contributed by atoms with E-state index >= 15 is 0 Å². The number of carboxylic acids is 1. The molecule has 0 radical (unpaired) electrons. The Morgan fingerprint density at radius 2 is 1.42 bits per heavy atom. The van der Waals surface area contributed by atoms with Crippen molar-refractivity contribution < 1.29 is 25.2 Å². The maximum atomic E-state index is 12.2. The zero-order chi connectivity index (χ0) is 30.7. The van der Waals surface area contributed by atoms with Crippen LogP contribution in [0.3, 0.4) is 0 Å². The van der Waals surface area contributed by atoms with Crippen molar-refractivity contribution in [1.82, 2.24) is 4.90 Å². The van der Waals surface area contributed by atoms with Crippen LogP contribution < -0.4 is 0 Å². The number of carbonyl (C=O) groups is 1. The topological polar surface area (TPSA) is 101 Å². The molecule has 4 rings (SSSR count). The minimum absolute atomic E-state index is 0.112. The van der Waals surface area contributed by atoms with Crippen molar-refractivity contribution in [3.8, 4) is 0 Å². The number of aliphatic hydroxyl groups excluding tert-OH is 2. The summed E-state index contributed by atoms with van der Waals surface area (Å²) < 4.78 is 0. The van der Waals surface area contributed by atoms with Crippen LogP contribution >= 0.6 is 0 Å². The van der Waals surface area contributed by atoms with Crippen LogP contribution in [0.2, 0.25) is 0 Å². The van der Waals surface area contributed by atoms with E-state index in [4.69, 9.17) is 0 Å². The third-order valence-corrected chi connectivity index (χ3v) is 9.54. The molecular formula is C37H49NO5. The second kappa shape index (κ2) is 15.6. The van der Waals surface area contributed by atoms with Crippen molar-refractivity contribution in [3.63, 3.8) is 0 Å². The highest BCUT2D eigenvalue weighted by molar-refractivity contribution is 5.81. The Bertz CT molecular complexity index is 1200. The first-order valence-corrected chi connectivity index (χ1v) is 16.0. The maximum absolute atomic E-state index is 12.2. The van der Waals surface area contributed by atoms with Gasteiger partial charge in [0.05, 0.1) is 12.7 Å². The van der Waals surface area contributed by atoms with Crippen molar-refractivity contribution in [2.75, 3.05) is 26.2 Å². The van der Waals surface area contributed by atoms with Gasteiger partial charge in [0.2, 0.25) is 0 Å². The summed E-state index contributed by atoms with van der Waals surface area (Å²) in [5, 5.41) is 43.1. The second-order valence-electron chi connectivity index (χ2n) is 12.3. The Morgan fingerprint density at radius 1 is 0.837 bits per heavy atom. The first-order chi connectivity index (χ1) is 20.8. The van der Waals surface area contributed by atoms with E-state index in [1.54, 1.807) is 24.3 Å². The lowest BCUT2D eigenvalue weighted by molar-refractivity contribution is -0.146. The summed E-state index contributed by atoms with van der Waals surface area (Å²) in [5.74, 6) is -0.893. The van der Waals surface area contributed by atoms with Crippen molar-refractivity contribution in [2.24, 2.45) is 5.92 Å². The molecule has 1 aliphatic rings. The molecule has 0 spiro atoms. The molecule has 3 aromatic rings. The van der Waals surface area contributed by atoms with Crippen LogP contribution in [0, 0.1) is 5.92 Å². The lowest BCUT2D eigenvalue weighted by atomic mass is 9.72. The molecule has 6 nitrogen and oxygen atoms in total. The fourth-order valence-corrected chi connectivity index (χ4v) is 6.76. The summed E-state index contributed by atoms with van der Waals surface area (Å²) in [4.78, 5) is 14.6. The van der Waals surface area contributed by atoms with Crippen molar-refractivity contribution in [2.45, 2.75) is 81.8 Å². The van der Waals surface area contributed by atoms with Gasteiger partial charge in [0.15, 0.2) is 0 Å². The molecule has 1 aliphatic heterocycles. The molecule has 2 unspecified atom stereocenters. The lowest BCUT2D eigenvalue weighted by Gasteiger charge is -2.42. The highest BCUT2D eigenvalue weighted by atomic mass is 16.4. The maximum Gasteiger partial charge on any atom is 0.316 e. The van der Waals surface area contributed by atoms with Crippen molar-refractivity contribution in [3.05, 3.63) is 107 Å². The number of piperidine rings is 1. The summed E-state index contributed by atoms with van der Waals surface area (Å²) in [6, 6.07) is 27.1. The van der Waals surface area contributed by atoms with Gasteiger partial charge in [0.1, 0.15) is 11.0 Å². The van der Waals surface area contributed by atoms with Gasteiger partial charge in [0.25, 0.3) is 0 Å². The Balaban J connectivity index is 1.30. The van der Waals surface area contributed by atoms with E-state index < -0.39 is 29.7 Å². The first kappa shape index (κ1) is 32.9. The Morgan fingerprint density at radius 3 is 1.93 bits per heavy atom. The number of hydrogen-bond acceptors (Lipinski definition) is 5. The zero-order valence-electron chi connectivity index (χ0n) is 25.6. The monoisotopic (exact) mass is 587 g/mol. The minimum Gasteiger partial charge on any atom is -0.481 e. The summed E-state index contributed by atoms with van der Waals surface area (Å²) in [5.41, 5.74) is 0.886. The van der Waals surface area contributed by atoms with E-state index in [0.717, 1.165) is 81.3 Å². The van der Waals surface area contributed by atoms with Crippen molar-refractivity contribution in [1.29, 1.82) is 0 Å². The van der Waals surface area contributed by atoms with E-state index in [1.165, 1.54) is 0 Å². The standard InChI is InChI=1S/C37H49NO5/c1-2-3-4-11-24-36(28-39,35(41)42)30-20-18-29(19-21-30)34(40)17-12-25-38-26-22-33(23-27-38)37(43,31-13-7-5-8-14-31)32-15-9-6-10-16-32/h5-10,13-16,18-21,33-34,39-40,43H,2-4,11-12,17,22-28H2,1H3,(H,41,42). The number of rotatable bonds is 16. The summed E-state index contributed by atoms with van der Waals surface area (Å²) in [7, 11) is 0. The summed E-state index contributed by atoms with van der Waals surface area (Å²) in [6.07, 6.45) is 6.79. The molecule has 232 valence electrons. The number of hydrogen-bond donors (Lipinski definition) is 4. The third kappa shape index (κ3) is 7.74. The largest absolute Gasteiger partial charge is 0.481 e. The Labute approximate surface area is 257 Å². The first-order valence-electron chi connectivity index (χ1n) is 16.0. The van der Waals surface area contributed by atoms with E-state index in [0.29, 0.717) is 18.4 Å². The van der Waals surface area contributed by atoms with E-state index in [9.17, 15) is 25.2 Å². The van der Waals surface area contributed by atoms with Gasteiger partial charge in [-0.3, -0.25) is 4.79 Å². The molecule has 0 aromatic heterocycles. The molecule has 43 heavy (non-hydrogen) atoms. The van der Waals surface area contributed by atoms with Crippen LogP contribution in [0.4, 0.5) is 0 Å². The van der Waals surface area contributed by atoms with Gasteiger partial charge in [-0.1, -0.05) is 118 Å². The van der Waals surface area contributed by atoms with E-state index in [-0.39, 0.29) is 5.92 Å². The van der Waals surface area contributed by atoms with Crippen LogP contribution in [0.5, 0.6) is 0 Å². The molecule has 4 N–H and O–H groups in total. The zero-order valence-corrected chi connectivity index (χ0v) is 25.6. The predicted octanol–water partition coefficient (Wildman–Crippen LogP) is 6.43. The quantitative estimate of drug-likeness (QED) is 0.144. The van der Waals surface area contributed by atoms with Crippen molar-refractivity contribution >= 4 is 5.97 Å². The van der Waals surface area contributed by atoms with Gasteiger partial charge < -0.3 is 25.3 Å². The summed E-state index contributed by atoms with van der Waals surface area (Å²) >= 11 is 0. The Kier molecular flexibility index (Phi) is 11.9. The third-order valence-electron chi connectivity index (χ3n) is 9.54. The van der Waals surface area contributed by atoms with Gasteiger partial charge in [-0.25, -0.2) is 0 Å². The lowest BCUT2D eigenvalue weighted by Crippen LogP contribution is -2.44. The number of nitrogens with zero attached hydrogens (tertiary/aromatic N) is 1. The highest BCUT2D eigenvalue weighted by Gasteiger charge is 2.42. The smallest absolute Gasteiger partial charge is 0.316 e. The van der Waals surface area contributed by atoms with Gasteiger partial charge >= 0.3 is 5.97 Å². The molecule has 0 bridgehead atoms. The fourth-order valence-electron chi connectivity index (χ4n) is 6.76. The average Bonchev–Trinajstić information content (AvgIpc) is 3.05. The van der Waals surface area contributed by atoms with Gasteiger partial charge in [-0.2, -0.15) is 0 Å². The number of aliphatic carboxylic acids is 1. The number of unbranched alkanes of at least 4 members (excludes halogenated alkanes) is 3. The normalized spacial score (nSPS) is 16.9. The molecule has 3 aromatic carbocycles. The number of carboxylic acid groups (broad SMARTS) is 1. The summed E-state index contributed by atoms with van der Waals surface area (Å²) in [6.45, 7) is 4.34. The molecule has 0 amide bonds. The van der Waals surface area contributed by atoms with Crippen LogP contribution in [0.25, 0.3) is 0 Å². The van der Waals surface area contributed by atoms with E-state index in [1.807, 2.05) is 60.7 Å². The van der Waals surface area contributed by atoms with Gasteiger partial charge in [-0.15, -0.1) is 0 Å². The Hall–Kier alpha value is -3.03. The molecule has 1 fully saturated rings. The second-order valence-corrected chi connectivity index (χ2v) is 12.3. The van der Waals surface area contributed by atoms with Crippen LogP contribution in [0.15, 0.2) is 84.9 Å². The average molecular weight is 588 g/mol.